The Bertz CT molecular complexity index is 168. The molecule has 0 heterocycles. The molecule has 1 amide bonds. The third kappa shape index (κ3) is 6.69. The van der Waals surface area contributed by atoms with Gasteiger partial charge in [-0.25, -0.2) is 0 Å². The Morgan fingerprint density at radius 3 is 2.60 bits per heavy atom. The first kappa shape index (κ1) is 8.69. The number of rotatable bonds is 4. The zero-order chi connectivity index (χ0) is 7.82. The summed E-state index contributed by atoms with van der Waals surface area (Å²) in [5, 5.41) is 0. The van der Waals surface area contributed by atoms with Crippen LogP contribution in [0.25, 0.3) is 0 Å². The second-order valence-corrected chi connectivity index (χ2v) is 1.72. The second kappa shape index (κ2) is 5.82. The molecule has 0 rings (SSSR count). The van der Waals surface area contributed by atoms with Crippen LogP contribution in [-0.4, -0.2) is 5.91 Å². The van der Waals surface area contributed by atoms with Gasteiger partial charge in [0.1, 0.15) is 0 Å². The average molecular weight is 137 g/mol. The summed E-state index contributed by atoms with van der Waals surface area (Å²) in [5.74, 6) is -0.316. The summed E-state index contributed by atoms with van der Waals surface area (Å²) in [4.78, 5) is 10.2. The molecule has 2 heteroatoms. The van der Waals surface area contributed by atoms with E-state index < -0.39 is 0 Å². The van der Waals surface area contributed by atoms with Crippen molar-refractivity contribution in [3.05, 3.63) is 37.0 Å². The number of carbonyl (C=O) groups excluding carboxylic acids is 1. The van der Waals surface area contributed by atoms with Crippen molar-refractivity contribution in [2.45, 2.75) is 6.42 Å². The number of amides is 1. The van der Waals surface area contributed by atoms with Crippen LogP contribution in [0.1, 0.15) is 6.42 Å². The van der Waals surface area contributed by atoms with Crippen molar-refractivity contribution < 1.29 is 4.79 Å². The van der Waals surface area contributed by atoms with E-state index in [1.54, 1.807) is 30.4 Å². The minimum atomic E-state index is -0.316. The van der Waals surface area contributed by atoms with Crippen LogP contribution < -0.4 is 5.73 Å². The number of nitrogens with two attached hydrogens (primary N) is 1. The molecule has 0 aromatic rings. The maximum absolute atomic E-state index is 10.2. The molecule has 2 N–H and O–H groups in total. The van der Waals surface area contributed by atoms with E-state index in [1.165, 1.54) is 0 Å². The fraction of sp³-hybridized carbons (Fsp3) is 0.125. The minimum absolute atomic E-state index is 0.293. The number of primary amides is 1. The Morgan fingerprint density at radius 2 is 2.10 bits per heavy atom. The Morgan fingerprint density at radius 1 is 1.40 bits per heavy atom. The summed E-state index contributed by atoms with van der Waals surface area (Å²) in [7, 11) is 0. The smallest absolute Gasteiger partial charge is 0.221 e. The standard InChI is InChI=1S/C8H11NO/c1-2-3-4-5-6-7-8(9)10/h2-6H,1,7H2,(H2,9,10)/b4-3-,6-5-. The van der Waals surface area contributed by atoms with Gasteiger partial charge in [-0.05, 0) is 0 Å². The molecule has 0 radical (unpaired) electrons. The zero-order valence-corrected chi connectivity index (χ0v) is 5.79. The fourth-order valence-electron chi connectivity index (χ4n) is 0.405. The summed E-state index contributed by atoms with van der Waals surface area (Å²) in [6, 6.07) is 0. The molecule has 0 unspecified atom stereocenters. The van der Waals surface area contributed by atoms with Gasteiger partial charge in [0.05, 0.1) is 0 Å². The lowest BCUT2D eigenvalue weighted by Gasteiger charge is -1.80. The van der Waals surface area contributed by atoms with Gasteiger partial charge in [-0.2, -0.15) is 0 Å². The lowest BCUT2D eigenvalue weighted by Crippen LogP contribution is -2.07. The van der Waals surface area contributed by atoms with Gasteiger partial charge >= 0.3 is 0 Å². The monoisotopic (exact) mass is 137 g/mol. The van der Waals surface area contributed by atoms with Crippen LogP contribution in [0.15, 0.2) is 37.0 Å². The van der Waals surface area contributed by atoms with Gasteiger partial charge in [0.25, 0.3) is 0 Å². The first-order chi connectivity index (χ1) is 4.77. The topological polar surface area (TPSA) is 43.1 Å². The molecule has 0 saturated heterocycles. The third-order valence-electron chi connectivity index (χ3n) is 0.813. The van der Waals surface area contributed by atoms with Gasteiger partial charge in [0, 0.05) is 6.42 Å². The van der Waals surface area contributed by atoms with E-state index in [-0.39, 0.29) is 5.91 Å². The van der Waals surface area contributed by atoms with Crippen molar-refractivity contribution >= 4 is 5.91 Å². The van der Waals surface area contributed by atoms with Crippen molar-refractivity contribution in [2.24, 2.45) is 5.73 Å². The zero-order valence-electron chi connectivity index (χ0n) is 5.79. The Kier molecular flexibility index (Phi) is 5.06. The van der Waals surface area contributed by atoms with E-state index in [4.69, 9.17) is 5.73 Å². The molecular formula is C8H11NO. The van der Waals surface area contributed by atoms with E-state index in [0.717, 1.165) is 0 Å². The van der Waals surface area contributed by atoms with Gasteiger partial charge < -0.3 is 5.73 Å². The van der Waals surface area contributed by atoms with Crippen LogP contribution in [0.5, 0.6) is 0 Å². The highest BCUT2D eigenvalue weighted by Gasteiger charge is 1.82. The molecule has 0 aliphatic heterocycles. The molecule has 0 aromatic carbocycles. The van der Waals surface area contributed by atoms with E-state index in [9.17, 15) is 4.79 Å². The first-order valence-corrected chi connectivity index (χ1v) is 3.00. The number of hydrogen-bond donors (Lipinski definition) is 1. The Balaban J connectivity index is 3.46. The predicted octanol–water partition coefficient (Wildman–Crippen LogP) is 1.16. The van der Waals surface area contributed by atoms with Gasteiger partial charge in [-0.15, -0.1) is 0 Å². The van der Waals surface area contributed by atoms with Gasteiger partial charge in [0.15, 0.2) is 0 Å². The molecule has 0 saturated carbocycles. The second-order valence-electron chi connectivity index (χ2n) is 1.72. The van der Waals surface area contributed by atoms with Crippen molar-refractivity contribution in [1.82, 2.24) is 0 Å². The predicted molar refractivity (Wildman–Crippen MR) is 42.3 cm³/mol. The highest BCUT2D eigenvalue weighted by atomic mass is 16.1. The fourth-order valence-corrected chi connectivity index (χ4v) is 0.405. The third-order valence-corrected chi connectivity index (χ3v) is 0.813. The van der Waals surface area contributed by atoms with E-state index in [2.05, 4.69) is 6.58 Å². The van der Waals surface area contributed by atoms with Crippen molar-refractivity contribution in [1.29, 1.82) is 0 Å². The molecule has 0 fully saturated rings. The van der Waals surface area contributed by atoms with Crippen LogP contribution in [-0.2, 0) is 4.79 Å². The Labute approximate surface area is 60.7 Å². The highest BCUT2D eigenvalue weighted by molar-refractivity contribution is 5.75. The summed E-state index contributed by atoms with van der Waals surface area (Å²) in [6.07, 6.45) is 8.97. The molecule has 0 spiro atoms. The van der Waals surface area contributed by atoms with Gasteiger partial charge in [-0.3, -0.25) is 4.79 Å². The molecule has 0 atom stereocenters. The molecule has 2 nitrogen and oxygen atoms in total. The van der Waals surface area contributed by atoms with Gasteiger partial charge in [-0.1, -0.05) is 37.0 Å². The van der Waals surface area contributed by atoms with Crippen molar-refractivity contribution in [2.75, 3.05) is 0 Å². The largest absolute Gasteiger partial charge is 0.369 e. The lowest BCUT2D eigenvalue weighted by molar-refractivity contribution is -0.117. The maximum Gasteiger partial charge on any atom is 0.221 e. The van der Waals surface area contributed by atoms with Crippen LogP contribution in [0.4, 0.5) is 0 Å². The quantitative estimate of drug-likeness (QED) is 0.580. The van der Waals surface area contributed by atoms with Crippen LogP contribution >= 0.6 is 0 Å². The molecule has 0 aliphatic rings. The van der Waals surface area contributed by atoms with Crippen molar-refractivity contribution in [3.63, 3.8) is 0 Å². The first-order valence-electron chi connectivity index (χ1n) is 3.00. The molecule has 54 valence electrons. The average Bonchev–Trinajstić information content (AvgIpc) is 1.87. The van der Waals surface area contributed by atoms with Crippen LogP contribution in [0.2, 0.25) is 0 Å². The van der Waals surface area contributed by atoms with Crippen molar-refractivity contribution in [3.8, 4) is 0 Å². The van der Waals surface area contributed by atoms with E-state index in [1.807, 2.05) is 0 Å². The number of allylic oxidation sites excluding steroid dienone is 4. The highest BCUT2D eigenvalue weighted by Crippen LogP contribution is 1.82. The van der Waals surface area contributed by atoms with E-state index in [0.29, 0.717) is 6.42 Å². The van der Waals surface area contributed by atoms with Gasteiger partial charge in [0.2, 0.25) is 5.91 Å². The summed E-state index contributed by atoms with van der Waals surface area (Å²) >= 11 is 0. The molecule has 0 aliphatic carbocycles. The molecule has 0 aromatic heterocycles. The molecule has 0 bridgehead atoms. The molecule has 10 heavy (non-hydrogen) atoms. The summed E-state index contributed by atoms with van der Waals surface area (Å²) < 4.78 is 0. The lowest BCUT2D eigenvalue weighted by atomic mass is 10.3. The number of hydrogen-bond acceptors (Lipinski definition) is 1. The summed E-state index contributed by atoms with van der Waals surface area (Å²) in [6.45, 7) is 3.48. The molecular weight excluding hydrogens is 126 g/mol. The maximum atomic E-state index is 10.2. The van der Waals surface area contributed by atoms with E-state index >= 15 is 0 Å². The summed E-state index contributed by atoms with van der Waals surface area (Å²) in [5.41, 5.74) is 4.87. The van der Waals surface area contributed by atoms with Crippen LogP contribution in [0.3, 0.4) is 0 Å². The van der Waals surface area contributed by atoms with Crippen LogP contribution in [0, 0.1) is 0 Å². The number of carbonyl (C=O) groups is 1. The normalized spacial score (nSPS) is 10.8. The minimum Gasteiger partial charge on any atom is -0.369 e. The Hall–Kier alpha value is -1.31. The SMILES string of the molecule is C=C/C=C\C=C/CC(N)=O.